The van der Waals surface area contributed by atoms with E-state index in [1.807, 2.05) is 18.3 Å². The van der Waals surface area contributed by atoms with Crippen molar-refractivity contribution >= 4 is 17.1 Å². The van der Waals surface area contributed by atoms with Gasteiger partial charge in [-0.3, -0.25) is 4.98 Å². The molecular weight excluding hydrogens is 218 g/mol. The quantitative estimate of drug-likeness (QED) is 0.789. The molecule has 1 amide bonds. The van der Waals surface area contributed by atoms with Gasteiger partial charge in [0.2, 0.25) is 0 Å². The van der Waals surface area contributed by atoms with Crippen molar-refractivity contribution < 1.29 is 9.90 Å². The van der Waals surface area contributed by atoms with E-state index in [0.717, 1.165) is 23.0 Å². The number of hydrogen-bond acceptors (Lipinski definition) is 2. The number of carboxylic acid groups (broad SMARTS) is 1. The van der Waals surface area contributed by atoms with Crippen molar-refractivity contribution in [3.8, 4) is 0 Å². The van der Waals surface area contributed by atoms with Gasteiger partial charge in [-0.1, -0.05) is 0 Å². The van der Waals surface area contributed by atoms with Crippen molar-refractivity contribution in [3.63, 3.8) is 0 Å². The smallest absolute Gasteiger partial charge is 0.407 e. The molecule has 1 aliphatic heterocycles. The molecule has 0 saturated carbocycles. The zero-order valence-electron chi connectivity index (χ0n) is 9.26. The number of pyridine rings is 1. The van der Waals surface area contributed by atoms with E-state index in [4.69, 9.17) is 5.11 Å². The fourth-order valence-electron chi connectivity index (χ4n) is 2.47. The lowest BCUT2D eigenvalue weighted by Crippen LogP contribution is -2.26. The summed E-state index contributed by atoms with van der Waals surface area (Å²) in [6.07, 6.45) is 3.76. The molecule has 0 radical (unpaired) electrons. The molecule has 0 aliphatic carbocycles. The third-order valence-electron chi connectivity index (χ3n) is 3.36. The number of amides is 1. The van der Waals surface area contributed by atoms with Crippen molar-refractivity contribution in [2.45, 2.75) is 12.3 Å². The summed E-state index contributed by atoms with van der Waals surface area (Å²) in [5, 5.41) is 8.94. The highest BCUT2D eigenvalue weighted by Gasteiger charge is 2.28. The Kier molecular flexibility index (Phi) is 2.24. The standard InChI is InChI=1S/C12H13N3O2/c16-12(17)15-5-3-8(7-15)9-6-14-10-2-1-4-13-11(9)10/h1-2,4,6,8,14H,3,5,7H2,(H,16,17)/t8-/m1/s1. The van der Waals surface area contributed by atoms with Gasteiger partial charge in [-0.2, -0.15) is 0 Å². The average molecular weight is 231 g/mol. The lowest BCUT2D eigenvalue weighted by molar-refractivity contribution is 0.155. The predicted octanol–water partition coefficient (Wildman–Crippen LogP) is 2.03. The van der Waals surface area contributed by atoms with Crippen LogP contribution < -0.4 is 0 Å². The van der Waals surface area contributed by atoms with Crippen molar-refractivity contribution in [2.75, 3.05) is 13.1 Å². The number of aromatic amines is 1. The minimum atomic E-state index is -0.833. The highest BCUT2D eigenvalue weighted by molar-refractivity contribution is 5.79. The first-order chi connectivity index (χ1) is 8.25. The maximum absolute atomic E-state index is 10.9. The molecule has 0 spiro atoms. The molecule has 1 fully saturated rings. The Balaban J connectivity index is 1.93. The number of rotatable bonds is 1. The Labute approximate surface area is 98.1 Å². The molecule has 17 heavy (non-hydrogen) atoms. The number of likely N-dealkylation sites (tertiary alicyclic amines) is 1. The number of carbonyl (C=O) groups is 1. The maximum atomic E-state index is 10.9. The van der Waals surface area contributed by atoms with Crippen LogP contribution in [0.3, 0.4) is 0 Å². The van der Waals surface area contributed by atoms with Crippen LogP contribution in [0.2, 0.25) is 0 Å². The molecule has 2 aromatic rings. The topological polar surface area (TPSA) is 69.2 Å². The van der Waals surface area contributed by atoms with Gasteiger partial charge in [-0.25, -0.2) is 4.79 Å². The van der Waals surface area contributed by atoms with Gasteiger partial charge in [-0.05, 0) is 18.6 Å². The van der Waals surface area contributed by atoms with Crippen LogP contribution in [0, 0.1) is 0 Å². The van der Waals surface area contributed by atoms with E-state index in [1.54, 1.807) is 6.20 Å². The molecule has 88 valence electrons. The number of H-pyrrole nitrogens is 1. The molecule has 1 aliphatic rings. The summed E-state index contributed by atoms with van der Waals surface area (Å²) in [4.78, 5) is 19.9. The van der Waals surface area contributed by atoms with Gasteiger partial charge in [0, 0.05) is 37.0 Å². The minimum Gasteiger partial charge on any atom is -0.465 e. The summed E-state index contributed by atoms with van der Waals surface area (Å²) < 4.78 is 0. The summed E-state index contributed by atoms with van der Waals surface area (Å²) in [5.74, 6) is 0.259. The highest BCUT2D eigenvalue weighted by Crippen LogP contribution is 2.31. The third-order valence-corrected chi connectivity index (χ3v) is 3.36. The van der Waals surface area contributed by atoms with Gasteiger partial charge in [0.15, 0.2) is 0 Å². The van der Waals surface area contributed by atoms with Gasteiger partial charge in [0.05, 0.1) is 11.0 Å². The van der Waals surface area contributed by atoms with E-state index >= 15 is 0 Å². The average Bonchev–Trinajstić information content (AvgIpc) is 2.95. The van der Waals surface area contributed by atoms with E-state index in [2.05, 4.69) is 9.97 Å². The minimum absolute atomic E-state index is 0.259. The number of aromatic nitrogens is 2. The molecule has 0 unspecified atom stereocenters. The number of fused-ring (bicyclic) bond motifs is 1. The van der Waals surface area contributed by atoms with Crippen molar-refractivity contribution in [2.24, 2.45) is 0 Å². The number of nitrogens with zero attached hydrogens (tertiary/aromatic N) is 2. The molecule has 0 bridgehead atoms. The molecule has 0 aromatic carbocycles. The second-order valence-corrected chi connectivity index (χ2v) is 4.36. The molecule has 2 N–H and O–H groups in total. The van der Waals surface area contributed by atoms with E-state index in [1.165, 1.54) is 4.90 Å². The first-order valence-electron chi connectivity index (χ1n) is 5.65. The monoisotopic (exact) mass is 231 g/mol. The SMILES string of the molecule is O=C(O)N1CC[C@@H](c2c[nH]c3cccnc23)C1. The zero-order valence-corrected chi connectivity index (χ0v) is 9.26. The third kappa shape index (κ3) is 1.63. The molecule has 5 nitrogen and oxygen atoms in total. The van der Waals surface area contributed by atoms with E-state index < -0.39 is 6.09 Å². The molecule has 2 aromatic heterocycles. The van der Waals surface area contributed by atoms with Crippen LogP contribution in [0.15, 0.2) is 24.5 Å². The summed E-state index contributed by atoms with van der Waals surface area (Å²) in [6, 6.07) is 3.87. The van der Waals surface area contributed by atoms with Crippen LogP contribution in [0.25, 0.3) is 11.0 Å². The van der Waals surface area contributed by atoms with Gasteiger partial charge >= 0.3 is 6.09 Å². The molecule has 1 atom stereocenters. The molecule has 5 heteroatoms. The Morgan fingerprint density at radius 3 is 3.24 bits per heavy atom. The summed E-state index contributed by atoms with van der Waals surface area (Å²) >= 11 is 0. The zero-order chi connectivity index (χ0) is 11.8. The highest BCUT2D eigenvalue weighted by atomic mass is 16.4. The van der Waals surface area contributed by atoms with Gasteiger partial charge in [0.1, 0.15) is 0 Å². The second kappa shape index (κ2) is 3.76. The van der Waals surface area contributed by atoms with Crippen LogP contribution in [-0.2, 0) is 0 Å². The predicted molar refractivity (Wildman–Crippen MR) is 63.0 cm³/mol. The fourth-order valence-corrected chi connectivity index (χ4v) is 2.47. The van der Waals surface area contributed by atoms with Crippen LogP contribution in [0.5, 0.6) is 0 Å². The van der Waals surface area contributed by atoms with E-state index in [0.29, 0.717) is 13.1 Å². The first kappa shape index (κ1) is 10.1. The van der Waals surface area contributed by atoms with Gasteiger partial charge < -0.3 is 15.0 Å². The second-order valence-electron chi connectivity index (χ2n) is 4.36. The molecule has 1 saturated heterocycles. The maximum Gasteiger partial charge on any atom is 0.407 e. The normalized spacial score (nSPS) is 20.0. The van der Waals surface area contributed by atoms with Crippen molar-refractivity contribution in [1.29, 1.82) is 0 Å². The van der Waals surface area contributed by atoms with Crippen LogP contribution in [-0.4, -0.2) is 39.2 Å². The van der Waals surface area contributed by atoms with Crippen molar-refractivity contribution in [1.82, 2.24) is 14.9 Å². The van der Waals surface area contributed by atoms with Gasteiger partial charge in [0.25, 0.3) is 0 Å². The summed E-state index contributed by atoms with van der Waals surface area (Å²) in [5.41, 5.74) is 3.10. The molecular formula is C12H13N3O2. The Hall–Kier alpha value is -2.04. The summed E-state index contributed by atoms with van der Waals surface area (Å²) in [7, 11) is 0. The van der Waals surface area contributed by atoms with Crippen LogP contribution in [0.1, 0.15) is 17.9 Å². The van der Waals surface area contributed by atoms with E-state index in [9.17, 15) is 4.79 Å². The Bertz CT molecular complexity index is 564. The van der Waals surface area contributed by atoms with Crippen LogP contribution in [0.4, 0.5) is 4.79 Å². The summed E-state index contributed by atoms with van der Waals surface area (Å²) in [6.45, 7) is 1.18. The number of hydrogen-bond donors (Lipinski definition) is 2. The number of nitrogens with one attached hydrogen (secondary N) is 1. The molecule has 3 rings (SSSR count). The molecule has 3 heterocycles. The van der Waals surface area contributed by atoms with Gasteiger partial charge in [-0.15, -0.1) is 0 Å². The Morgan fingerprint density at radius 1 is 1.59 bits per heavy atom. The van der Waals surface area contributed by atoms with Crippen LogP contribution >= 0.6 is 0 Å². The van der Waals surface area contributed by atoms with Crippen molar-refractivity contribution in [3.05, 3.63) is 30.1 Å². The Morgan fingerprint density at radius 2 is 2.47 bits per heavy atom. The first-order valence-corrected chi connectivity index (χ1v) is 5.65. The lowest BCUT2D eigenvalue weighted by atomic mass is 10.0. The largest absolute Gasteiger partial charge is 0.465 e. The van der Waals surface area contributed by atoms with E-state index in [-0.39, 0.29) is 5.92 Å². The fraction of sp³-hybridized carbons (Fsp3) is 0.333. The lowest BCUT2D eigenvalue weighted by Gasteiger charge is -2.11.